The highest BCUT2D eigenvalue weighted by atomic mass is 16.5. The molecule has 2 atom stereocenters. The lowest BCUT2D eigenvalue weighted by Gasteiger charge is -2.17. The maximum absolute atomic E-state index is 12.4. The summed E-state index contributed by atoms with van der Waals surface area (Å²) >= 11 is 0. The summed E-state index contributed by atoms with van der Waals surface area (Å²) in [5.41, 5.74) is 6.52. The highest BCUT2D eigenvalue weighted by molar-refractivity contribution is 5.94. The third-order valence-electron chi connectivity index (χ3n) is 4.05. The minimum Gasteiger partial charge on any atom is -0.491 e. The fraction of sp³-hybridized carbons (Fsp3) is 0.562. The van der Waals surface area contributed by atoms with Crippen molar-refractivity contribution in [2.45, 2.75) is 31.4 Å². The normalized spacial score (nSPS) is 25.3. The number of hydrogen-bond donors (Lipinski definition) is 1. The van der Waals surface area contributed by atoms with Crippen molar-refractivity contribution in [1.82, 2.24) is 4.90 Å². The number of hydrogen-bond acceptors (Lipinski definition) is 4. The predicted molar refractivity (Wildman–Crippen MR) is 79.4 cm³/mol. The van der Waals surface area contributed by atoms with Crippen LogP contribution in [0.15, 0.2) is 24.3 Å². The molecule has 0 aromatic heterocycles. The number of nitrogens with zero attached hydrogens (tertiary/aromatic N) is 1. The molecule has 3 rings (SSSR count). The van der Waals surface area contributed by atoms with Gasteiger partial charge in [-0.2, -0.15) is 0 Å². The molecule has 0 saturated carbocycles. The van der Waals surface area contributed by atoms with E-state index in [2.05, 4.69) is 0 Å². The van der Waals surface area contributed by atoms with Crippen molar-refractivity contribution >= 4 is 5.91 Å². The molecule has 1 aromatic carbocycles. The number of ether oxygens (including phenoxy) is 2. The number of carbonyl (C=O) groups is 1. The van der Waals surface area contributed by atoms with Crippen LogP contribution in [0.25, 0.3) is 0 Å². The van der Waals surface area contributed by atoms with Gasteiger partial charge in [-0.15, -0.1) is 0 Å². The van der Waals surface area contributed by atoms with Gasteiger partial charge in [0.1, 0.15) is 12.4 Å². The van der Waals surface area contributed by atoms with Crippen molar-refractivity contribution in [3.05, 3.63) is 29.8 Å². The van der Waals surface area contributed by atoms with Gasteiger partial charge in [-0.25, -0.2) is 0 Å². The highest BCUT2D eigenvalue weighted by Gasteiger charge is 2.24. The lowest BCUT2D eigenvalue weighted by atomic mass is 10.2. The Morgan fingerprint density at radius 2 is 2.33 bits per heavy atom. The first kappa shape index (κ1) is 14.4. The Morgan fingerprint density at radius 3 is 3.05 bits per heavy atom. The van der Waals surface area contributed by atoms with E-state index < -0.39 is 0 Å². The Bertz CT molecular complexity index is 500. The SMILES string of the molecule is N[C@H]1CCN(C(=O)c2cccc(OC[C@H]3CCCO3)c2)C1. The van der Waals surface area contributed by atoms with Gasteiger partial charge in [0.15, 0.2) is 0 Å². The van der Waals surface area contributed by atoms with E-state index in [4.69, 9.17) is 15.2 Å². The van der Waals surface area contributed by atoms with Crippen molar-refractivity contribution in [3.8, 4) is 5.75 Å². The largest absolute Gasteiger partial charge is 0.491 e. The third kappa shape index (κ3) is 3.54. The smallest absolute Gasteiger partial charge is 0.254 e. The van der Waals surface area contributed by atoms with Crippen LogP contribution in [0.4, 0.5) is 0 Å². The summed E-state index contributed by atoms with van der Waals surface area (Å²) in [6.45, 7) is 2.74. The number of amides is 1. The molecular formula is C16H22N2O3. The summed E-state index contributed by atoms with van der Waals surface area (Å²) in [5.74, 6) is 0.755. The van der Waals surface area contributed by atoms with Crippen LogP contribution in [0.3, 0.4) is 0 Å². The van der Waals surface area contributed by atoms with Crippen molar-refractivity contribution in [2.75, 3.05) is 26.3 Å². The highest BCUT2D eigenvalue weighted by Crippen LogP contribution is 2.19. The van der Waals surface area contributed by atoms with Crippen molar-refractivity contribution in [3.63, 3.8) is 0 Å². The average Bonchev–Trinajstić information content (AvgIpc) is 3.16. The Morgan fingerprint density at radius 1 is 1.43 bits per heavy atom. The molecule has 2 heterocycles. The summed E-state index contributed by atoms with van der Waals surface area (Å²) in [7, 11) is 0. The first-order valence-electron chi connectivity index (χ1n) is 7.62. The minimum absolute atomic E-state index is 0.0329. The molecule has 0 unspecified atom stereocenters. The Hall–Kier alpha value is -1.59. The van der Waals surface area contributed by atoms with E-state index in [1.807, 2.05) is 23.1 Å². The molecule has 114 valence electrons. The summed E-state index contributed by atoms with van der Waals surface area (Å²) < 4.78 is 11.3. The molecule has 0 radical (unpaired) electrons. The van der Waals surface area contributed by atoms with Crippen LogP contribution in [-0.2, 0) is 4.74 Å². The van der Waals surface area contributed by atoms with E-state index in [0.29, 0.717) is 18.7 Å². The molecule has 1 aromatic rings. The van der Waals surface area contributed by atoms with Crippen LogP contribution in [0.1, 0.15) is 29.6 Å². The third-order valence-corrected chi connectivity index (χ3v) is 4.05. The van der Waals surface area contributed by atoms with Gasteiger partial charge >= 0.3 is 0 Å². The first-order valence-corrected chi connectivity index (χ1v) is 7.62. The molecular weight excluding hydrogens is 268 g/mol. The van der Waals surface area contributed by atoms with E-state index in [0.717, 1.165) is 38.2 Å². The fourth-order valence-corrected chi connectivity index (χ4v) is 2.84. The number of carbonyl (C=O) groups excluding carboxylic acids is 1. The molecule has 2 aliphatic rings. The standard InChI is InChI=1S/C16H22N2O3/c17-13-6-7-18(10-13)16(19)12-3-1-4-14(9-12)21-11-15-5-2-8-20-15/h1,3-4,9,13,15H,2,5-8,10-11,17H2/t13-,15+/m0/s1. The molecule has 21 heavy (non-hydrogen) atoms. The zero-order chi connectivity index (χ0) is 14.7. The molecule has 2 aliphatic heterocycles. The first-order chi connectivity index (χ1) is 10.2. The van der Waals surface area contributed by atoms with Crippen LogP contribution < -0.4 is 10.5 Å². The van der Waals surface area contributed by atoms with Gasteiger partial charge in [-0.1, -0.05) is 6.07 Å². The number of benzene rings is 1. The molecule has 5 nitrogen and oxygen atoms in total. The van der Waals surface area contributed by atoms with Crippen molar-refractivity contribution in [2.24, 2.45) is 5.73 Å². The summed E-state index contributed by atoms with van der Waals surface area (Å²) in [6.07, 6.45) is 3.20. The van der Waals surface area contributed by atoms with Gasteiger partial charge in [-0.3, -0.25) is 4.79 Å². The Kier molecular flexibility index (Phi) is 4.41. The predicted octanol–water partition coefficient (Wildman–Crippen LogP) is 1.42. The van der Waals surface area contributed by atoms with Gasteiger partial charge in [0.25, 0.3) is 5.91 Å². The molecule has 0 aliphatic carbocycles. The Balaban J connectivity index is 1.60. The molecule has 2 N–H and O–H groups in total. The number of nitrogens with two attached hydrogens (primary N) is 1. The second-order valence-corrected chi connectivity index (χ2v) is 5.77. The fourth-order valence-electron chi connectivity index (χ4n) is 2.84. The zero-order valence-corrected chi connectivity index (χ0v) is 12.2. The monoisotopic (exact) mass is 290 g/mol. The molecule has 1 amide bonds. The van der Waals surface area contributed by atoms with Gasteiger partial charge < -0.3 is 20.1 Å². The van der Waals surface area contributed by atoms with E-state index in [1.165, 1.54) is 0 Å². The van der Waals surface area contributed by atoms with E-state index >= 15 is 0 Å². The number of likely N-dealkylation sites (tertiary alicyclic amines) is 1. The quantitative estimate of drug-likeness (QED) is 0.911. The molecule has 2 saturated heterocycles. The van der Waals surface area contributed by atoms with Crippen molar-refractivity contribution < 1.29 is 14.3 Å². The summed E-state index contributed by atoms with van der Waals surface area (Å²) in [6, 6.07) is 7.47. The Labute approximate surface area is 125 Å². The minimum atomic E-state index is 0.0329. The molecule has 5 heteroatoms. The average molecular weight is 290 g/mol. The van der Waals surface area contributed by atoms with Gasteiger partial charge in [0, 0.05) is 31.3 Å². The van der Waals surface area contributed by atoms with Gasteiger partial charge in [0.05, 0.1) is 6.10 Å². The maximum Gasteiger partial charge on any atom is 0.254 e. The van der Waals surface area contributed by atoms with E-state index in [1.54, 1.807) is 6.07 Å². The lowest BCUT2D eigenvalue weighted by molar-refractivity contribution is 0.0678. The van der Waals surface area contributed by atoms with Crippen molar-refractivity contribution in [1.29, 1.82) is 0 Å². The topological polar surface area (TPSA) is 64.8 Å². The maximum atomic E-state index is 12.4. The molecule has 2 fully saturated rings. The van der Waals surface area contributed by atoms with Crippen LogP contribution in [0, 0.1) is 0 Å². The molecule has 0 bridgehead atoms. The van der Waals surface area contributed by atoms with Gasteiger partial charge in [-0.05, 0) is 37.5 Å². The van der Waals surface area contributed by atoms with E-state index in [9.17, 15) is 4.79 Å². The van der Waals surface area contributed by atoms with Gasteiger partial charge in [0.2, 0.25) is 0 Å². The summed E-state index contributed by atoms with van der Waals surface area (Å²) in [4.78, 5) is 14.2. The second kappa shape index (κ2) is 6.45. The zero-order valence-electron chi connectivity index (χ0n) is 12.2. The van der Waals surface area contributed by atoms with E-state index in [-0.39, 0.29) is 18.1 Å². The second-order valence-electron chi connectivity index (χ2n) is 5.77. The molecule has 0 spiro atoms. The van der Waals surface area contributed by atoms with Crippen LogP contribution >= 0.6 is 0 Å². The van der Waals surface area contributed by atoms with Crippen LogP contribution in [0.2, 0.25) is 0 Å². The summed E-state index contributed by atoms with van der Waals surface area (Å²) in [5, 5.41) is 0. The van der Waals surface area contributed by atoms with Crippen LogP contribution in [0.5, 0.6) is 5.75 Å². The van der Waals surface area contributed by atoms with Crippen LogP contribution in [-0.4, -0.2) is 49.3 Å². The lowest BCUT2D eigenvalue weighted by Crippen LogP contribution is -2.31. The number of rotatable bonds is 4.